The summed E-state index contributed by atoms with van der Waals surface area (Å²) in [7, 11) is 0. The Morgan fingerprint density at radius 3 is 2.76 bits per heavy atom. The number of halogens is 3. The average Bonchev–Trinajstić information content (AvgIpc) is 2.47. The minimum atomic E-state index is -4.45. The van der Waals surface area contributed by atoms with E-state index in [0.29, 0.717) is 19.7 Å². The third-order valence-corrected chi connectivity index (χ3v) is 3.98. The van der Waals surface area contributed by atoms with Gasteiger partial charge in [0.25, 0.3) is 0 Å². The van der Waals surface area contributed by atoms with Crippen LogP contribution >= 0.6 is 0 Å². The standard InChI is InChI=1S/C13H17F3N4O/c14-13(15,16)10-1-4-18-11(19-10)20-7-8-21-12(9-20)2-5-17-6-3-12/h1,4,17H,2-3,5-9H2. The molecule has 3 heterocycles. The average molecular weight is 302 g/mol. The zero-order valence-electron chi connectivity index (χ0n) is 11.5. The van der Waals surface area contributed by atoms with E-state index in [1.165, 1.54) is 0 Å². The van der Waals surface area contributed by atoms with Crippen LogP contribution in [-0.2, 0) is 10.9 Å². The third kappa shape index (κ3) is 3.11. The Kier molecular flexibility index (Phi) is 3.75. The number of nitrogens with one attached hydrogen (secondary N) is 1. The van der Waals surface area contributed by atoms with Crippen molar-refractivity contribution in [2.75, 3.05) is 37.7 Å². The van der Waals surface area contributed by atoms with Crippen molar-refractivity contribution in [2.45, 2.75) is 24.6 Å². The number of alkyl halides is 3. The van der Waals surface area contributed by atoms with E-state index in [9.17, 15) is 13.2 Å². The predicted molar refractivity (Wildman–Crippen MR) is 70.0 cm³/mol. The fraction of sp³-hybridized carbons (Fsp3) is 0.692. The second-order valence-electron chi connectivity index (χ2n) is 5.44. The molecule has 1 aromatic rings. The maximum atomic E-state index is 12.7. The summed E-state index contributed by atoms with van der Waals surface area (Å²) in [4.78, 5) is 9.46. The summed E-state index contributed by atoms with van der Waals surface area (Å²) in [6.45, 7) is 3.25. The smallest absolute Gasteiger partial charge is 0.371 e. The summed E-state index contributed by atoms with van der Waals surface area (Å²) in [5, 5.41) is 3.26. The van der Waals surface area contributed by atoms with Gasteiger partial charge in [-0.25, -0.2) is 9.97 Å². The van der Waals surface area contributed by atoms with Gasteiger partial charge in [-0.05, 0) is 32.0 Å². The summed E-state index contributed by atoms with van der Waals surface area (Å²) in [5.41, 5.74) is -1.19. The van der Waals surface area contributed by atoms with Crippen LogP contribution in [-0.4, -0.2) is 48.4 Å². The van der Waals surface area contributed by atoms with E-state index in [0.717, 1.165) is 38.2 Å². The van der Waals surface area contributed by atoms with E-state index in [1.807, 2.05) is 0 Å². The molecule has 2 fully saturated rings. The fourth-order valence-electron chi connectivity index (χ4n) is 2.86. The molecule has 0 amide bonds. The number of ether oxygens (including phenoxy) is 1. The Hall–Kier alpha value is -1.41. The first-order valence-corrected chi connectivity index (χ1v) is 6.98. The van der Waals surface area contributed by atoms with E-state index in [-0.39, 0.29) is 11.5 Å². The summed E-state index contributed by atoms with van der Waals surface area (Å²) in [6.07, 6.45) is -1.59. The molecule has 1 aromatic heterocycles. The van der Waals surface area contributed by atoms with Gasteiger partial charge in [0.15, 0.2) is 0 Å². The van der Waals surface area contributed by atoms with Gasteiger partial charge < -0.3 is 15.0 Å². The molecule has 3 rings (SSSR count). The lowest BCUT2D eigenvalue weighted by Gasteiger charge is -2.45. The van der Waals surface area contributed by atoms with Crippen molar-refractivity contribution < 1.29 is 17.9 Å². The monoisotopic (exact) mass is 302 g/mol. The van der Waals surface area contributed by atoms with Crippen LogP contribution in [0.2, 0.25) is 0 Å². The molecule has 0 saturated carbocycles. The molecule has 8 heteroatoms. The highest BCUT2D eigenvalue weighted by Crippen LogP contribution is 2.31. The molecule has 0 atom stereocenters. The summed E-state index contributed by atoms with van der Waals surface area (Å²) < 4.78 is 44.1. The SMILES string of the molecule is FC(F)(F)c1ccnc(N2CCOC3(CCNCC3)C2)n1. The first-order valence-electron chi connectivity index (χ1n) is 6.98. The number of aromatic nitrogens is 2. The van der Waals surface area contributed by atoms with Gasteiger partial charge in [0, 0.05) is 12.7 Å². The lowest BCUT2D eigenvalue weighted by atomic mass is 9.90. The molecule has 0 aliphatic carbocycles. The number of hydrogen-bond donors (Lipinski definition) is 1. The van der Waals surface area contributed by atoms with E-state index in [1.54, 1.807) is 4.90 Å². The van der Waals surface area contributed by atoms with E-state index >= 15 is 0 Å². The van der Waals surface area contributed by atoms with Gasteiger partial charge in [-0.15, -0.1) is 0 Å². The highest BCUT2D eigenvalue weighted by Gasteiger charge is 2.39. The third-order valence-electron chi connectivity index (χ3n) is 3.98. The van der Waals surface area contributed by atoms with Crippen LogP contribution in [0.15, 0.2) is 12.3 Å². The van der Waals surface area contributed by atoms with Crippen LogP contribution in [0, 0.1) is 0 Å². The molecule has 0 bridgehead atoms. The van der Waals surface area contributed by atoms with Gasteiger partial charge in [0.05, 0.1) is 18.8 Å². The number of rotatable bonds is 1. The molecule has 0 aromatic carbocycles. The number of piperidine rings is 1. The van der Waals surface area contributed by atoms with Gasteiger partial charge in [-0.1, -0.05) is 0 Å². The summed E-state index contributed by atoms with van der Waals surface area (Å²) >= 11 is 0. The molecular formula is C13H17F3N4O. The number of morpholine rings is 1. The Morgan fingerprint density at radius 1 is 1.29 bits per heavy atom. The first-order chi connectivity index (χ1) is 9.99. The topological polar surface area (TPSA) is 50.3 Å². The lowest BCUT2D eigenvalue weighted by molar-refractivity contribution is -0.141. The quantitative estimate of drug-likeness (QED) is 0.851. The molecule has 116 valence electrons. The minimum Gasteiger partial charge on any atom is -0.371 e. The molecular weight excluding hydrogens is 285 g/mol. The van der Waals surface area contributed by atoms with E-state index in [2.05, 4.69) is 15.3 Å². The van der Waals surface area contributed by atoms with Crippen molar-refractivity contribution in [2.24, 2.45) is 0 Å². The second kappa shape index (κ2) is 5.42. The van der Waals surface area contributed by atoms with Gasteiger partial charge >= 0.3 is 6.18 Å². The second-order valence-corrected chi connectivity index (χ2v) is 5.44. The van der Waals surface area contributed by atoms with Gasteiger partial charge in [-0.3, -0.25) is 0 Å². The van der Waals surface area contributed by atoms with Crippen molar-refractivity contribution in [3.63, 3.8) is 0 Å². The van der Waals surface area contributed by atoms with Crippen molar-refractivity contribution in [3.8, 4) is 0 Å². The van der Waals surface area contributed by atoms with Crippen molar-refractivity contribution in [1.82, 2.24) is 15.3 Å². The Labute approximate surface area is 120 Å². The molecule has 21 heavy (non-hydrogen) atoms. The summed E-state index contributed by atoms with van der Waals surface area (Å²) in [6, 6.07) is 0.893. The number of hydrogen-bond acceptors (Lipinski definition) is 5. The molecule has 2 saturated heterocycles. The van der Waals surface area contributed by atoms with Crippen LogP contribution < -0.4 is 10.2 Å². The first kappa shape index (κ1) is 14.5. The van der Waals surface area contributed by atoms with Crippen LogP contribution in [0.5, 0.6) is 0 Å². The van der Waals surface area contributed by atoms with Crippen LogP contribution in [0.1, 0.15) is 18.5 Å². The molecule has 0 radical (unpaired) electrons. The van der Waals surface area contributed by atoms with Crippen molar-refractivity contribution >= 4 is 5.95 Å². The molecule has 2 aliphatic heterocycles. The van der Waals surface area contributed by atoms with Crippen LogP contribution in [0.25, 0.3) is 0 Å². The lowest BCUT2D eigenvalue weighted by Crippen LogP contribution is -2.56. The molecule has 1 spiro atoms. The molecule has 2 aliphatic rings. The number of nitrogens with zero attached hydrogens (tertiary/aromatic N) is 3. The maximum Gasteiger partial charge on any atom is 0.433 e. The zero-order valence-corrected chi connectivity index (χ0v) is 11.5. The van der Waals surface area contributed by atoms with Crippen molar-refractivity contribution in [3.05, 3.63) is 18.0 Å². The number of anilines is 1. The molecule has 0 unspecified atom stereocenters. The largest absolute Gasteiger partial charge is 0.433 e. The Balaban J connectivity index is 1.80. The molecule has 5 nitrogen and oxygen atoms in total. The highest BCUT2D eigenvalue weighted by atomic mass is 19.4. The van der Waals surface area contributed by atoms with Crippen LogP contribution in [0.3, 0.4) is 0 Å². The predicted octanol–water partition coefficient (Wildman–Crippen LogP) is 1.45. The summed E-state index contributed by atoms with van der Waals surface area (Å²) in [5.74, 6) is 0.131. The Bertz CT molecular complexity index is 497. The van der Waals surface area contributed by atoms with Crippen LogP contribution in [0.4, 0.5) is 19.1 Å². The minimum absolute atomic E-state index is 0.131. The molecule has 1 N–H and O–H groups in total. The Morgan fingerprint density at radius 2 is 2.05 bits per heavy atom. The van der Waals surface area contributed by atoms with Gasteiger partial charge in [0.1, 0.15) is 5.69 Å². The fourth-order valence-corrected chi connectivity index (χ4v) is 2.86. The van der Waals surface area contributed by atoms with E-state index in [4.69, 9.17) is 4.74 Å². The maximum absolute atomic E-state index is 12.7. The van der Waals surface area contributed by atoms with Gasteiger partial charge in [0.2, 0.25) is 5.95 Å². The zero-order chi connectivity index (χ0) is 14.9. The van der Waals surface area contributed by atoms with Gasteiger partial charge in [-0.2, -0.15) is 13.2 Å². The van der Waals surface area contributed by atoms with Crippen molar-refractivity contribution in [1.29, 1.82) is 0 Å². The normalized spacial score (nSPS) is 22.5. The van der Waals surface area contributed by atoms with E-state index < -0.39 is 11.9 Å². The highest BCUT2D eigenvalue weighted by molar-refractivity contribution is 5.33.